The third-order valence-electron chi connectivity index (χ3n) is 7.22. The lowest BCUT2D eigenvalue weighted by Crippen LogP contribution is -2.60. The van der Waals surface area contributed by atoms with Gasteiger partial charge >= 0.3 is 5.97 Å². The molecule has 1 saturated heterocycles. The summed E-state index contributed by atoms with van der Waals surface area (Å²) in [6, 6.07) is 35.7. The van der Waals surface area contributed by atoms with Gasteiger partial charge < -0.3 is 29.2 Å². The predicted molar refractivity (Wildman–Crippen MR) is 153 cm³/mol. The van der Waals surface area contributed by atoms with Crippen molar-refractivity contribution in [1.82, 2.24) is 0 Å². The highest BCUT2D eigenvalue weighted by Crippen LogP contribution is 2.41. The van der Waals surface area contributed by atoms with E-state index >= 15 is 0 Å². The molecule has 4 aromatic rings. The lowest BCUT2D eigenvalue weighted by molar-refractivity contribution is -0.298. The van der Waals surface area contributed by atoms with Gasteiger partial charge in [-0.3, -0.25) is 0 Å². The number of hydrogen-bond acceptors (Lipinski definition) is 7. The van der Waals surface area contributed by atoms with Crippen LogP contribution in [0.15, 0.2) is 115 Å². The summed E-state index contributed by atoms with van der Waals surface area (Å²) in [7, 11) is 1.36. The van der Waals surface area contributed by atoms with E-state index in [0.29, 0.717) is 0 Å². The summed E-state index contributed by atoms with van der Waals surface area (Å²) in [5.74, 6) is -0.790. The van der Waals surface area contributed by atoms with Crippen molar-refractivity contribution in [3.8, 4) is 0 Å². The van der Waals surface area contributed by atoms with Gasteiger partial charge in [-0.2, -0.15) is 0 Å². The monoisotopic (exact) mass is 574 g/mol. The molecule has 0 aliphatic carbocycles. The maximum atomic E-state index is 13.0. The molecule has 7 nitrogen and oxygen atoms in total. The molecular weight excluding hydrogens is 544 g/mol. The summed E-state index contributed by atoms with van der Waals surface area (Å²) in [6.45, 7) is -0.132. The Morgan fingerprint density at radius 1 is 0.780 bits per heavy atom. The van der Waals surface area contributed by atoms with Crippen molar-refractivity contribution in [3.05, 3.63) is 143 Å². The van der Waals surface area contributed by atoms with E-state index in [2.05, 4.69) is 0 Å². The van der Waals surface area contributed by atoms with Crippen molar-refractivity contribution >= 4 is 17.6 Å². The zero-order valence-corrected chi connectivity index (χ0v) is 23.1. The number of halogens is 1. The van der Waals surface area contributed by atoms with Crippen molar-refractivity contribution in [3.63, 3.8) is 0 Å². The minimum Gasteiger partial charge on any atom is -0.453 e. The molecule has 8 heteroatoms. The fraction of sp³-hybridized carbons (Fsp3) is 0.242. The third kappa shape index (κ3) is 5.92. The molecule has 1 aliphatic heterocycles. The van der Waals surface area contributed by atoms with Crippen LogP contribution in [0.1, 0.15) is 27.0 Å². The molecule has 212 valence electrons. The van der Waals surface area contributed by atoms with Gasteiger partial charge in [-0.05, 0) is 28.8 Å². The average Bonchev–Trinajstić information content (AvgIpc) is 3.02. The molecule has 5 rings (SSSR count). The molecule has 0 bridgehead atoms. The number of aliphatic hydroxyl groups excluding tert-OH is 2. The van der Waals surface area contributed by atoms with E-state index in [0.717, 1.165) is 16.7 Å². The van der Waals surface area contributed by atoms with Gasteiger partial charge in [0.15, 0.2) is 12.4 Å². The number of ether oxygens (including phenoxy) is 4. The van der Waals surface area contributed by atoms with Crippen LogP contribution in [0, 0.1) is 0 Å². The average molecular weight is 575 g/mol. The van der Waals surface area contributed by atoms with E-state index in [-0.39, 0.29) is 17.2 Å². The number of carbonyl (C=O) groups is 1. The number of benzene rings is 4. The molecule has 0 amide bonds. The first-order chi connectivity index (χ1) is 20.0. The van der Waals surface area contributed by atoms with Gasteiger partial charge in [0.2, 0.25) is 0 Å². The summed E-state index contributed by atoms with van der Waals surface area (Å²) in [5, 5.41) is 22.4. The van der Waals surface area contributed by atoms with Crippen LogP contribution < -0.4 is 0 Å². The number of esters is 1. The Morgan fingerprint density at radius 3 is 1.76 bits per heavy atom. The normalized spacial score (nSPS) is 22.7. The minimum atomic E-state index is -1.46. The van der Waals surface area contributed by atoms with Gasteiger partial charge in [0.25, 0.3) is 0 Å². The number of methoxy groups -OCH3 is 1. The first-order valence-electron chi connectivity index (χ1n) is 13.3. The molecule has 0 saturated carbocycles. The Hall–Kier alpha value is -3.56. The standard InChI is InChI=1S/C33H31ClO7/c1-38-32-29(36)30(41-31(37)25-19-11-12-20-26(25)34)28(35)27(40-32)21-39-33(22-13-5-2-6-14-22,23-15-7-3-8-16-23)24-17-9-4-10-18-24/h2-20,27-30,32,35-36H,21H2,1H3/t27-,28-,29-,30+,32+/m1/s1. The molecule has 4 aromatic carbocycles. The second-order valence-electron chi connectivity index (χ2n) is 9.70. The van der Waals surface area contributed by atoms with E-state index in [4.69, 9.17) is 30.5 Å². The fourth-order valence-corrected chi connectivity index (χ4v) is 5.38. The molecule has 1 fully saturated rings. The Kier molecular flexibility index (Phi) is 9.15. The van der Waals surface area contributed by atoms with Crippen LogP contribution in [0.5, 0.6) is 0 Å². The molecular formula is C33H31ClO7. The Morgan fingerprint density at radius 2 is 1.27 bits per heavy atom. The van der Waals surface area contributed by atoms with Gasteiger partial charge in [0, 0.05) is 7.11 Å². The van der Waals surface area contributed by atoms with Crippen molar-refractivity contribution in [2.45, 2.75) is 36.3 Å². The quantitative estimate of drug-likeness (QED) is 0.215. The number of hydrogen-bond donors (Lipinski definition) is 2. The first-order valence-corrected chi connectivity index (χ1v) is 13.6. The first kappa shape index (κ1) is 29.0. The molecule has 5 atom stereocenters. The maximum absolute atomic E-state index is 13.0. The van der Waals surface area contributed by atoms with Crippen LogP contribution in [0.3, 0.4) is 0 Å². The van der Waals surface area contributed by atoms with Gasteiger partial charge in [-0.1, -0.05) is 115 Å². The minimum absolute atomic E-state index is 0.109. The van der Waals surface area contributed by atoms with Crippen LogP contribution in [0.4, 0.5) is 0 Å². The maximum Gasteiger partial charge on any atom is 0.340 e. The zero-order chi connectivity index (χ0) is 28.8. The van der Waals surface area contributed by atoms with Crippen LogP contribution >= 0.6 is 11.6 Å². The van der Waals surface area contributed by atoms with Crippen molar-refractivity contribution in [2.75, 3.05) is 13.7 Å². The highest BCUT2D eigenvalue weighted by Gasteiger charge is 2.49. The van der Waals surface area contributed by atoms with Crippen LogP contribution in [-0.4, -0.2) is 60.6 Å². The third-order valence-corrected chi connectivity index (χ3v) is 7.55. The SMILES string of the molecule is CO[C@H]1O[C@H](COC(c2ccccc2)(c2ccccc2)c2ccccc2)[C@@H](O)[C@H](OC(=O)c2ccccc2Cl)[C@H]1O. The lowest BCUT2D eigenvalue weighted by Gasteiger charge is -2.43. The van der Waals surface area contributed by atoms with E-state index < -0.39 is 42.3 Å². The van der Waals surface area contributed by atoms with Gasteiger partial charge in [0.05, 0.1) is 17.2 Å². The van der Waals surface area contributed by atoms with Gasteiger partial charge in [-0.25, -0.2) is 4.79 Å². The van der Waals surface area contributed by atoms with E-state index in [1.807, 2.05) is 91.0 Å². The Balaban J connectivity index is 1.49. The Labute approximate surface area is 243 Å². The summed E-state index contributed by atoms with van der Waals surface area (Å²) in [6.07, 6.45) is -6.48. The topological polar surface area (TPSA) is 94.5 Å². The smallest absolute Gasteiger partial charge is 0.340 e. The zero-order valence-electron chi connectivity index (χ0n) is 22.4. The number of carbonyl (C=O) groups excluding carboxylic acids is 1. The lowest BCUT2D eigenvalue weighted by atomic mass is 9.80. The fourth-order valence-electron chi connectivity index (χ4n) is 5.16. The predicted octanol–water partition coefficient (Wildman–Crippen LogP) is 4.97. The molecule has 0 aromatic heterocycles. The summed E-state index contributed by atoms with van der Waals surface area (Å²) in [5.41, 5.74) is 1.64. The highest BCUT2D eigenvalue weighted by atomic mass is 35.5. The number of aliphatic hydroxyl groups is 2. The molecule has 2 N–H and O–H groups in total. The van der Waals surface area contributed by atoms with E-state index in [9.17, 15) is 15.0 Å². The molecule has 0 radical (unpaired) electrons. The van der Waals surface area contributed by atoms with Crippen LogP contribution in [-0.2, 0) is 24.5 Å². The Bertz CT molecular complexity index is 1320. The molecule has 1 heterocycles. The summed E-state index contributed by atoms with van der Waals surface area (Å²) in [4.78, 5) is 13.0. The van der Waals surface area contributed by atoms with Crippen LogP contribution in [0.2, 0.25) is 5.02 Å². The summed E-state index contributed by atoms with van der Waals surface area (Å²) < 4.78 is 23.7. The molecule has 1 aliphatic rings. The largest absolute Gasteiger partial charge is 0.453 e. The van der Waals surface area contributed by atoms with E-state index in [1.54, 1.807) is 18.2 Å². The molecule has 41 heavy (non-hydrogen) atoms. The van der Waals surface area contributed by atoms with Crippen molar-refractivity contribution < 1.29 is 34.0 Å². The second-order valence-corrected chi connectivity index (χ2v) is 10.1. The second kappa shape index (κ2) is 13.0. The van der Waals surface area contributed by atoms with E-state index in [1.165, 1.54) is 13.2 Å². The van der Waals surface area contributed by atoms with Crippen LogP contribution in [0.25, 0.3) is 0 Å². The molecule has 0 spiro atoms. The van der Waals surface area contributed by atoms with Gasteiger partial charge in [0.1, 0.15) is 23.9 Å². The summed E-state index contributed by atoms with van der Waals surface area (Å²) >= 11 is 6.17. The molecule has 0 unspecified atom stereocenters. The van der Waals surface area contributed by atoms with Crippen molar-refractivity contribution in [1.29, 1.82) is 0 Å². The number of rotatable bonds is 9. The highest BCUT2D eigenvalue weighted by molar-refractivity contribution is 6.33. The van der Waals surface area contributed by atoms with Gasteiger partial charge in [-0.15, -0.1) is 0 Å². The van der Waals surface area contributed by atoms with Crippen molar-refractivity contribution in [2.24, 2.45) is 0 Å².